The molecule has 1 aliphatic heterocycles. The second-order valence-corrected chi connectivity index (χ2v) is 9.56. The predicted octanol–water partition coefficient (Wildman–Crippen LogP) is 5.49. The number of nitrogens with two attached hydrogens (primary N) is 1. The Morgan fingerprint density at radius 1 is 1.11 bits per heavy atom. The Morgan fingerprint density at radius 3 is 2.60 bits per heavy atom. The van der Waals surface area contributed by atoms with E-state index in [0.717, 1.165) is 5.39 Å². The Bertz CT molecular complexity index is 1450. The van der Waals surface area contributed by atoms with Gasteiger partial charge in [-0.05, 0) is 41.8 Å². The van der Waals surface area contributed by atoms with Gasteiger partial charge in [-0.1, -0.05) is 32.0 Å². The lowest BCUT2D eigenvalue weighted by molar-refractivity contribution is -0.119. The molecular formula is C28H25N3O4. The lowest BCUT2D eigenvalue weighted by Gasteiger charge is -2.37. The van der Waals surface area contributed by atoms with Crippen LogP contribution in [0.5, 0.6) is 17.4 Å². The zero-order valence-corrected chi connectivity index (χ0v) is 19.8. The molecule has 1 aromatic heterocycles. The van der Waals surface area contributed by atoms with E-state index >= 15 is 0 Å². The van der Waals surface area contributed by atoms with E-state index in [4.69, 9.17) is 24.9 Å². The standard InChI is InChI=1S/C28H25N3O4/c1-28(2)13-22(32)25-23(14-28)35-26(30)20(15-29)24(25)19-12-16-11-18(33-3)9-10-21(16)31-27(19)34-17-7-5-4-6-8-17/h4-12,24H,13-14,30H2,1-3H3. The summed E-state index contributed by atoms with van der Waals surface area (Å²) in [6.07, 6.45) is 0.877. The molecule has 2 aromatic carbocycles. The molecule has 7 heteroatoms. The lowest BCUT2D eigenvalue weighted by Crippen LogP contribution is -2.33. The van der Waals surface area contributed by atoms with E-state index in [1.54, 1.807) is 7.11 Å². The van der Waals surface area contributed by atoms with Gasteiger partial charge >= 0.3 is 0 Å². The third kappa shape index (κ3) is 4.08. The maximum Gasteiger partial charge on any atom is 0.224 e. The molecule has 0 fully saturated rings. The van der Waals surface area contributed by atoms with Gasteiger partial charge in [-0.3, -0.25) is 4.79 Å². The number of para-hydroxylation sites is 1. The highest BCUT2D eigenvalue weighted by atomic mass is 16.5. The van der Waals surface area contributed by atoms with Crippen molar-refractivity contribution in [1.82, 2.24) is 4.98 Å². The molecule has 1 aliphatic carbocycles. The fourth-order valence-corrected chi connectivity index (χ4v) is 4.76. The minimum atomic E-state index is -0.755. The summed E-state index contributed by atoms with van der Waals surface area (Å²) < 4.78 is 17.5. The topological polar surface area (TPSA) is 107 Å². The molecular weight excluding hydrogens is 442 g/mol. The number of ether oxygens (including phenoxy) is 3. The van der Waals surface area contributed by atoms with Gasteiger partial charge in [0.2, 0.25) is 11.8 Å². The van der Waals surface area contributed by atoms with Crippen molar-refractivity contribution in [2.45, 2.75) is 32.6 Å². The maximum absolute atomic E-state index is 13.4. The number of pyridine rings is 1. The van der Waals surface area contributed by atoms with Crippen molar-refractivity contribution in [2.75, 3.05) is 7.11 Å². The van der Waals surface area contributed by atoms with E-state index in [1.165, 1.54) is 0 Å². The normalized spacial score (nSPS) is 19.1. The number of ketones is 1. The largest absolute Gasteiger partial charge is 0.497 e. The number of rotatable bonds is 4. The van der Waals surface area contributed by atoms with E-state index in [1.807, 2.05) is 68.4 Å². The molecule has 1 atom stereocenters. The molecule has 176 valence electrons. The number of nitriles is 1. The van der Waals surface area contributed by atoms with Crippen LogP contribution in [0.1, 0.15) is 38.2 Å². The van der Waals surface area contributed by atoms with Gasteiger partial charge in [0.25, 0.3) is 0 Å². The Labute approximate surface area is 203 Å². The molecule has 7 nitrogen and oxygen atoms in total. The molecule has 3 aromatic rings. The van der Waals surface area contributed by atoms with Crippen molar-refractivity contribution in [2.24, 2.45) is 11.1 Å². The van der Waals surface area contributed by atoms with Crippen LogP contribution in [0, 0.1) is 16.7 Å². The van der Waals surface area contributed by atoms with E-state index in [9.17, 15) is 10.1 Å². The number of nitrogens with zero attached hydrogens (tertiary/aromatic N) is 2. The number of allylic oxidation sites excluding steroid dienone is 3. The van der Waals surface area contributed by atoms with Crippen LogP contribution < -0.4 is 15.2 Å². The number of hydrogen-bond acceptors (Lipinski definition) is 7. The molecule has 0 bridgehead atoms. The van der Waals surface area contributed by atoms with Gasteiger partial charge in [0.05, 0.1) is 18.5 Å². The molecule has 0 amide bonds. The summed E-state index contributed by atoms with van der Waals surface area (Å²) in [5.41, 5.74) is 7.82. The van der Waals surface area contributed by atoms with E-state index in [2.05, 4.69) is 6.07 Å². The number of carbonyl (C=O) groups is 1. The quantitative estimate of drug-likeness (QED) is 0.541. The summed E-state index contributed by atoms with van der Waals surface area (Å²) in [5.74, 6) is 1.22. The van der Waals surface area contributed by atoms with Gasteiger partial charge in [0.15, 0.2) is 5.78 Å². The number of carbonyl (C=O) groups excluding carboxylic acids is 1. The van der Waals surface area contributed by atoms with Gasteiger partial charge in [-0.25, -0.2) is 4.98 Å². The van der Waals surface area contributed by atoms with Crippen molar-refractivity contribution in [3.05, 3.63) is 82.9 Å². The predicted molar refractivity (Wildman–Crippen MR) is 131 cm³/mol. The summed E-state index contributed by atoms with van der Waals surface area (Å²) in [7, 11) is 1.59. The van der Waals surface area contributed by atoms with Crippen molar-refractivity contribution in [1.29, 1.82) is 5.26 Å². The summed E-state index contributed by atoms with van der Waals surface area (Å²) in [4.78, 5) is 18.2. The van der Waals surface area contributed by atoms with Gasteiger partial charge in [-0.2, -0.15) is 5.26 Å². The van der Waals surface area contributed by atoms with Gasteiger partial charge in [0, 0.05) is 29.4 Å². The maximum atomic E-state index is 13.4. The minimum absolute atomic E-state index is 0.00171. The fourth-order valence-electron chi connectivity index (χ4n) is 4.76. The summed E-state index contributed by atoms with van der Waals surface area (Å²) >= 11 is 0. The molecule has 35 heavy (non-hydrogen) atoms. The lowest BCUT2D eigenvalue weighted by atomic mass is 9.70. The average Bonchev–Trinajstić information content (AvgIpc) is 2.82. The zero-order valence-electron chi connectivity index (χ0n) is 19.8. The second kappa shape index (κ2) is 8.48. The first-order chi connectivity index (χ1) is 16.8. The van der Waals surface area contributed by atoms with Crippen LogP contribution in [0.2, 0.25) is 0 Å². The highest BCUT2D eigenvalue weighted by Gasteiger charge is 2.44. The van der Waals surface area contributed by atoms with Crippen LogP contribution >= 0.6 is 0 Å². The van der Waals surface area contributed by atoms with Crippen molar-refractivity contribution >= 4 is 16.7 Å². The van der Waals surface area contributed by atoms with Crippen LogP contribution in [-0.2, 0) is 9.53 Å². The van der Waals surface area contributed by atoms with Crippen LogP contribution in [0.15, 0.2) is 77.4 Å². The zero-order chi connectivity index (χ0) is 24.7. The van der Waals surface area contributed by atoms with Crippen molar-refractivity contribution in [3.8, 4) is 23.4 Å². The Morgan fingerprint density at radius 2 is 1.89 bits per heavy atom. The summed E-state index contributed by atoms with van der Waals surface area (Å²) in [5, 5.41) is 10.9. The number of Topliss-reactive ketones (excluding diaryl/α,β-unsaturated/α-hetero) is 1. The van der Waals surface area contributed by atoms with Crippen molar-refractivity contribution < 1.29 is 19.0 Å². The first kappa shape index (κ1) is 22.5. The van der Waals surface area contributed by atoms with Gasteiger partial charge in [0.1, 0.15) is 28.9 Å². The summed E-state index contributed by atoms with van der Waals surface area (Å²) in [6.45, 7) is 4.03. The van der Waals surface area contributed by atoms with Crippen LogP contribution in [0.3, 0.4) is 0 Å². The van der Waals surface area contributed by atoms with Crippen molar-refractivity contribution in [3.63, 3.8) is 0 Å². The smallest absolute Gasteiger partial charge is 0.224 e. The molecule has 0 saturated heterocycles. The number of methoxy groups -OCH3 is 1. The van der Waals surface area contributed by atoms with Crippen LogP contribution in [0.25, 0.3) is 10.9 Å². The molecule has 2 heterocycles. The molecule has 2 aliphatic rings. The highest BCUT2D eigenvalue weighted by Crippen LogP contribution is 2.50. The number of aromatic nitrogens is 1. The van der Waals surface area contributed by atoms with Crippen LogP contribution in [0.4, 0.5) is 0 Å². The number of benzene rings is 2. The number of hydrogen-bond donors (Lipinski definition) is 1. The average molecular weight is 468 g/mol. The van der Waals surface area contributed by atoms with Gasteiger partial charge in [-0.15, -0.1) is 0 Å². The fraction of sp³-hybridized carbons (Fsp3) is 0.250. The monoisotopic (exact) mass is 467 g/mol. The number of fused-ring (bicyclic) bond motifs is 1. The molecule has 5 rings (SSSR count). The Hall–Kier alpha value is -4.31. The van der Waals surface area contributed by atoms with E-state index in [-0.39, 0.29) is 22.7 Å². The Kier molecular flexibility index (Phi) is 5.45. The third-order valence-corrected chi connectivity index (χ3v) is 6.36. The highest BCUT2D eigenvalue weighted by molar-refractivity contribution is 6.00. The molecule has 0 spiro atoms. The summed E-state index contributed by atoms with van der Waals surface area (Å²) in [6, 6.07) is 18.8. The van der Waals surface area contributed by atoms with Crippen LogP contribution in [-0.4, -0.2) is 17.9 Å². The molecule has 0 radical (unpaired) electrons. The van der Waals surface area contributed by atoms with E-state index < -0.39 is 5.92 Å². The minimum Gasteiger partial charge on any atom is -0.497 e. The second-order valence-electron chi connectivity index (χ2n) is 9.56. The molecule has 1 unspecified atom stereocenters. The third-order valence-electron chi connectivity index (χ3n) is 6.36. The first-order valence-corrected chi connectivity index (χ1v) is 11.3. The Balaban J connectivity index is 1.77. The van der Waals surface area contributed by atoms with Gasteiger partial charge < -0.3 is 19.9 Å². The SMILES string of the molecule is COc1ccc2nc(Oc3ccccc3)c(C3C(C#N)=C(N)OC4=C3C(=O)CC(C)(C)C4)cc2c1. The molecule has 0 saturated carbocycles. The van der Waals surface area contributed by atoms with E-state index in [0.29, 0.717) is 52.6 Å². The molecule has 2 N–H and O–H groups in total. The first-order valence-electron chi connectivity index (χ1n) is 11.3.